The molecule has 11 nitrogen and oxygen atoms in total. The van der Waals surface area contributed by atoms with Crippen LogP contribution in [0.5, 0.6) is 0 Å². The van der Waals surface area contributed by atoms with E-state index in [4.69, 9.17) is 5.73 Å². The summed E-state index contributed by atoms with van der Waals surface area (Å²) in [6.07, 6.45) is 8.79. The topological polar surface area (TPSA) is 164 Å². The van der Waals surface area contributed by atoms with Crippen molar-refractivity contribution in [2.75, 3.05) is 5.73 Å². The van der Waals surface area contributed by atoms with Crippen LogP contribution in [-0.2, 0) is 15.6 Å². The van der Waals surface area contributed by atoms with Gasteiger partial charge in [-0.05, 0) is 64.2 Å². The summed E-state index contributed by atoms with van der Waals surface area (Å²) in [5.74, 6) is 0.212. The average molecular weight is 535 g/mol. The van der Waals surface area contributed by atoms with Crippen molar-refractivity contribution in [1.29, 1.82) is 5.26 Å². The van der Waals surface area contributed by atoms with Gasteiger partial charge in [-0.1, -0.05) is 6.07 Å². The van der Waals surface area contributed by atoms with E-state index in [-0.39, 0.29) is 22.9 Å². The maximum atomic E-state index is 13.2. The molecule has 0 amide bonds. The molecule has 3 heterocycles. The smallest absolute Gasteiger partial charge is 0.240 e. The first kappa shape index (κ1) is 25.8. The number of aliphatic hydroxyl groups is 1. The van der Waals surface area contributed by atoms with Gasteiger partial charge < -0.3 is 10.8 Å². The van der Waals surface area contributed by atoms with Gasteiger partial charge in [-0.15, -0.1) is 0 Å². The molecule has 0 atom stereocenters. The molecule has 3 aromatic heterocycles. The zero-order valence-electron chi connectivity index (χ0n) is 21.5. The summed E-state index contributed by atoms with van der Waals surface area (Å²) >= 11 is 0. The number of hydrogen-bond acceptors (Lipinski definition) is 8. The molecule has 1 aliphatic carbocycles. The predicted octanol–water partition coefficient (Wildman–Crippen LogP) is 2.99. The summed E-state index contributed by atoms with van der Waals surface area (Å²) in [6, 6.07) is 7.02. The van der Waals surface area contributed by atoms with Gasteiger partial charge in [0.05, 0.1) is 40.9 Å². The van der Waals surface area contributed by atoms with Gasteiger partial charge in [-0.25, -0.2) is 23.1 Å². The number of nitrogen functional groups attached to an aromatic ring is 1. The Bertz CT molecular complexity index is 1660. The number of rotatable bonds is 6. The molecular formula is C26H30N8O3S. The van der Waals surface area contributed by atoms with E-state index in [2.05, 4.69) is 25.9 Å². The first-order valence-electron chi connectivity index (χ1n) is 12.4. The van der Waals surface area contributed by atoms with Gasteiger partial charge in [0.15, 0.2) is 11.5 Å². The molecule has 5 rings (SSSR count). The number of aromatic nitrogens is 5. The minimum absolute atomic E-state index is 0.154. The molecule has 4 aromatic rings. The van der Waals surface area contributed by atoms with Gasteiger partial charge in [-0.3, -0.25) is 9.08 Å². The van der Waals surface area contributed by atoms with Crippen molar-refractivity contribution in [3.8, 4) is 28.6 Å². The normalized spacial score (nSPS) is 18.5. The van der Waals surface area contributed by atoms with Crippen LogP contribution in [0.3, 0.4) is 0 Å². The highest BCUT2D eigenvalue weighted by Gasteiger charge is 2.26. The minimum atomic E-state index is -3.77. The first-order chi connectivity index (χ1) is 18.0. The molecule has 0 bridgehead atoms. The molecule has 12 heteroatoms. The molecule has 0 saturated heterocycles. The first-order valence-corrected chi connectivity index (χ1v) is 13.9. The predicted molar refractivity (Wildman–Crippen MR) is 142 cm³/mol. The number of nitrogens with one attached hydrogen (secondary N) is 1. The number of sulfonamides is 1. The summed E-state index contributed by atoms with van der Waals surface area (Å²) in [6.45, 7) is 5.43. The van der Waals surface area contributed by atoms with E-state index in [1.165, 1.54) is 0 Å². The van der Waals surface area contributed by atoms with Crippen LogP contribution in [0.2, 0.25) is 0 Å². The van der Waals surface area contributed by atoms with Crippen LogP contribution in [0, 0.1) is 18.3 Å². The van der Waals surface area contributed by atoms with Gasteiger partial charge in [0, 0.05) is 29.6 Å². The minimum Gasteiger partial charge on any atom is -0.393 e. The molecule has 1 fully saturated rings. The van der Waals surface area contributed by atoms with Crippen molar-refractivity contribution in [2.45, 2.75) is 69.0 Å². The fourth-order valence-corrected chi connectivity index (χ4v) is 6.02. The van der Waals surface area contributed by atoms with Crippen molar-refractivity contribution in [3.05, 3.63) is 48.5 Å². The molecular weight excluding hydrogens is 504 g/mol. The van der Waals surface area contributed by atoms with Crippen LogP contribution in [0.4, 0.5) is 5.82 Å². The highest BCUT2D eigenvalue weighted by molar-refractivity contribution is 7.89. The molecule has 0 spiro atoms. The maximum Gasteiger partial charge on any atom is 0.240 e. The zero-order chi connectivity index (χ0) is 27.2. The second-order valence-corrected chi connectivity index (χ2v) is 12.0. The number of anilines is 1. The lowest BCUT2D eigenvalue weighted by atomic mass is 9.94. The van der Waals surface area contributed by atoms with Crippen LogP contribution in [-0.4, -0.2) is 49.8 Å². The van der Waals surface area contributed by atoms with E-state index < -0.39 is 15.6 Å². The molecule has 0 unspecified atom stereocenters. The van der Waals surface area contributed by atoms with Crippen LogP contribution < -0.4 is 10.5 Å². The van der Waals surface area contributed by atoms with E-state index in [0.717, 1.165) is 5.56 Å². The standard InChI is InChI=1S/C26H30N8O3S/c1-16-4-9-20(38(36,37)32-18-5-7-19(35)8-6-18)10-21(16)23-12-29-25-24(28)31-22(14-33(23)25)17-11-30-34(13-17)26(2,3)15-27/h4,9-14,18-19,32,35H,5-8H2,1-3H3,(H2,28,31). The quantitative estimate of drug-likeness (QED) is 0.340. The van der Waals surface area contributed by atoms with Gasteiger partial charge >= 0.3 is 0 Å². The largest absolute Gasteiger partial charge is 0.393 e. The van der Waals surface area contributed by atoms with Crippen LogP contribution >= 0.6 is 0 Å². The Morgan fingerprint density at radius 1 is 1.18 bits per heavy atom. The number of hydrogen-bond donors (Lipinski definition) is 3. The summed E-state index contributed by atoms with van der Waals surface area (Å²) in [5.41, 5.74) is 9.31. The van der Waals surface area contributed by atoms with E-state index in [9.17, 15) is 18.8 Å². The van der Waals surface area contributed by atoms with E-state index in [0.29, 0.717) is 53.8 Å². The molecule has 38 heavy (non-hydrogen) atoms. The number of nitriles is 1. The Hall–Kier alpha value is -3.79. The third-order valence-corrected chi connectivity index (χ3v) is 8.57. The second kappa shape index (κ2) is 9.50. The summed E-state index contributed by atoms with van der Waals surface area (Å²) in [4.78, 5) is 9.08. The summed E-state index contributed by atoms with van der Waals surface area (Å²) < 4.78 is 32.6. The van der Waals surface area contributed by atoms with Crippen molar-refractivity contribution in [1.82, 2.24) is 28.9 Å². The third kappa shape index (κ3) is 4.76. The summed E-state index contributed by atoms with van der Waals surface area (Å²) in [7, 11) is -3.77. The molecule has 0 aliphatic heterocycles. The zero-order valence-corrected chi connectivity index (χ0v) is 22.3. The lowest BCUT2D eigenvalue weighted by Crippen LogP contribution is -2.38. The van der Waals surface area contributed by atoms with Crippen LogP contribution in [0.15, 0.2) is 47.9 Å². The Kier molecular flexibility index (Phi) is 6.46. The summed E-state index contributed by atoms with van der Waals surface area (Å²) in [5, 5.41) is 23.5. The van der Waals surface area contributed by atoms with Crippen LogP contribution in [0.25, 0.3) is 28.2 Å². The number of benzene rings is 1. The SMILES string of the molecule is Cc1ccc(S(=O)(=O)NC2CCC(O)CC2)cc1-c1cnc2c(N)nc(-c3cnn(C(C)(C)C#N)c3)cn12. The van der Waals surface area contributed by atoms with Crippen molar-refractivity contribution in [2.24, 2.45) is 0 Å². The maximum absolute atomic E-state index is 13.2. The van der Waals surface area contributed by atoms with E-state index >= 15 is 0 Å². The fraction of sp³-hybridized carbons (Fsp3) is 0.385. The molecule has 1 saturated carbocycles. The van der Waals surface area contributed by atoms with Crippen molar-refractivity contribution < 1.29 is 13.5 Å². The van der Waals surface area contributed by atoms with Crippen molar-refractivity contribution >= 4 is 21.5 Å². The van der Waals surface area contributed by atoms with Gasteiger partial charge in [0.25, 0.3) is 0 Å². The molecule has 1 aliphatic rings. The number of aryl methyl sites for hydroxylation is 1. The van der Waals surface area contributed by atoms with Gasteiger partial charge in [-0.2, -0.15) is 10.4 Å². The average Bonchev–Trinajstić information content (AvgIpc) is 3.54. The van der Waals surface area contributed by atoms with E-state index in [1.807, 2.05) is 6.92 Å². The van der Waals surface area contributed by atoms with E-state index in [1.54, 1.807) is 65.9 Å². The molecule has 4 N–H and O–H groups in total. The Morgan fingerprint density at radius 3 is 2.63 bits per heavy atom. The lowest BCUT2D eigenvalue weighted by molar-refractivity contribution is 0.120. The fourth-order valence-electron chi connectivity index (χ4n) is 4.69. The third-order valence-electron chi connectivity index (χ3n) is 7.06. The Balaban J connectivity index is 1.54. The van der Waals surface area contributed by atoms with Crippen LogP contribution in [0.1, 0.15) is 45.1 Å². The second-order valence-electron chi connectivity index (χ2n) is 10.3. The number of nitrogens with zero attached hydrogens (tertiary/aromatic N) is 6. The number of imidazole rings is 1. The highest BCUT2D eigenvalue weighted by atomic mass is 32.2. The Morgan fingerprint density at radius 2 is 1.92 bits per heavy atom. The number of nitrogens with two attached hydrogens (primary N) is 1. The Labute approximate surface area is 221 Å². The number of fused-ring (bicyclic) bond motifs is 1. The van der Waals surface area contributed by atoms with Gasteiger partial charge in [0.1, 0.15) is 5.54 Å². The molecule has 0 radical (unpaired) electrons. The lowest BCUT2D eigenvalue weighted by Gasteiger charge is -2.26. The highest BCUT2D eigenvalue weighted by Crippen LogP contribution is 2.31. The molecule has 1 aromatic carbocycles. The monoisotopic (exact) mass is 534 g/mol. The van der Waals surface area contributed by atoms with Gasteiger partial charge in [0.2, 0.25) is 10.0 Å². The molecule has 198 valence electrons. The number of aliphatic hydroxyl groups excluding tert-OH is 1. The van der Waals surface area contributed by atoms with Crippen molar-refractivity contribution in [3.63, 3.8) is 0 Å².